The van der Waals surface area contributed by atoms with Crippen LogP contribution < -0.4 is 5.32 Å². The van der Waals surface area contributed by atoms with E-state index < -0.39 is 0 Å². The molecule has 0 bridgehead atoms. The van der Waals surface area contributed by atoms with Crippen molar-refractivity contribution in [2.24, 2.45) is 0 Å². The first-order chi connectivity index (χ1) is 10.8. The number of rotatable bonds is 8. The van der Waals surface area contributed by atoms with Gasteiger partial charge < -0.3 is 14.6 Å². The fraction of sp³-hybridized carbons (Fsp3) is 0.625. The summed E-state index contributed by atoms with van der Waals surface area (Å²) in [5.41, 5.74) is 0. The van der Waals surface area contributed by atoms with Crippen molar-refractivity contribution in [2.45, 2.75) is 38.1 Å². The van der Waals surface area contributed by atoms with Crippen LogP contribution in [0, 0.1) is 0 Å². The van der Waals surface area contributed by atoms with Crippen molar-refractivity contribution in [1.29, 1.82) is 0 Å². The quantitative estimate of drug-likeness (QED) is 0.580. The van der Waals surface area contributed by atoms with Gasteiger partial charge in [0.05, 0.1) is 6.26 Å². The first-order valence-corrected chi connectivity index (χ1v) is 8.12. The Hall–Kier alpha value is -1.53. The van der Waals surface area contributed by atoms with Crippen LogP contribution in [0.5, 0.6) is 0 Å². The largest absolute Gasteiger partial charge is 0.469 e. The van der Waals surface area contributed by atoms with Gasteiger partial charge in [0, 0.05) is 26.1 Å². The lowest BCUT2D eigenvalue weighted by molar-refractivity contribution is -0.128. The van der Waals surface area contributed by atoms with Crippen molar-refractivity contribution in [1.82, 2.24) is 15.1 Å². The van der Waals surface area contributed by atoms with E-state index in [1.165, 1.54) is 4.90 Å². The third-order valence-corrected chi connectivity index (χ3v) is 4.39. The summed E-state index contributed by atoms with van der Waals surface area (Å²) in [7, 11) is 0. The highest BCUT2D eigenvalue weighted by Gasteiger charge is 2.46. The number of amides is 3. The average Bonchev–Trinajstić information content (AvgIpc) is 3.22. The van der Waals surface area contributed by atoms with Gasteiger partial charge in [-0.2, -0.15) is 0 Å². The van der Waals surface area contributed by atoms with E-state index in [-0.39, 0.29) is 30.4 Å². The lowest BCUT2D eigenvalue weighted by atomic mass is 10.2. The van der Waals surface area contributed by atoms with E-state index in [0.29, 0.717) is 6.54 Å². The molecule has 6 nitrogen and oxygen atoms in total. The molecule has 1 N–H and O–H groups in total. The normalized spacial score (nSPS) is 20.1. The standard InChI is InChI=1S/C16H23N3O3.ClH/c20-15-14-6-3-11-18(14)16(21)19(15)10-2-1-8-17-9-7-13-5-4-12-22-13;/h4-5,12,14,17H,1-3,6-11H2;1H. The fourth-order valence-corrected chi connectivity index (χ4v) is 3.20. The highest BCUT2D eigenvalue weighted by molar-refractivity contribution is 6.04. The maximum atomic E-state index is 12.1. The Bertz CT molecular complexity index is 499. The summed E-state index contributed by atoms with van der Waals surface area (Å²) < 4.78 is 5.26. The van der Waals surface area contributed by atoms with E-state index in [1.807, 2.05) is 12.1 Å². The minimum Gasteiger partial charge on any atom is -0.469 e. The first kappa shape index (κ1) is 17.8. The van der Waals surface area contributed by atoms with E-state index in [2.05, 4.69) is 5.32 Å². The summed E-state index contributed by atoms with van der Waals surface area (Å²) in [6, 6.07) is 3.61. The van der Waals surface area contributed by atoms with Gasteiger partial charge in [0.1, 0.15) is 11.8 Å². The summed E-state index contributed by atoms with van der Waals surface area (Å²) >= 11 is 0. The maximum Gasteiger partial charge on any atom is 0.327 e. The zero-order chi connectivity index (χ0) is 15.4. The summed E-state index contributed by atoms with van der Waals surface area (Å²) in [6.07, 6.45) is 6.16. The monoisotopic (exact) mass is 341 g/mol. The van der Waals surface area contributed by atoms with E-state index in [0.717, 1.165) is 57.5 Å². The molecule has 7 heteroatoms. The zero-order valence-corrected chi connectivity index (χ0v) is 14.0. The number of hydrogen-bond donors (Lipinski definition) is 1. The van der Waals surface area contributed by atoms with Crippen LogP contribution in [0.15, 0.2) is 22.8 Å². The van der Waals surface area contributed by atoms with Crippen LogP contribution in [0.2, 0.25) is 0 Å². The predicted octanol–water partition coefficient (Wildman–Crippen LogP) is 2.04. The number of fused-ring (bicyclic) bond motifs is 1. The minimum absolute atomic E-state index is 0. The molecule has 2 aliphatic rings. The molecule has 3 rings (SSSR count). The maximum absolute atomic E-state index is 12.1. The number of halogens is 1. The molecule has 1 aromatic heterocycles. The van der Waals surface area contributed by atoms with Crippen molar-refractivity contribution in [2.75, 3.05) is 26.2 Å². The molecule has 2 saturated heterocycles. The second-order valence-corrected chi connectivity index (χ2v) is 5.91. The van der Waals surface area contributed by atoms with E-state index in [9.17, 15) is 9.59 Å². The smallest absolute Gasteiger partial charge is 0.327 e. The predicted molar refractivity (Wildman–Crippen MR) is 88.6 cm³/mol. The highest BCUT2D eigenvalue weighted by Crippen LogP contribution is 2.27. The molecule has 23 heavy (non-hydrogen) atoms. The van der Waals surface area contributed by atoms with E-state index in [4.69, 9.17) is 4.42 Å². The summed E-state index contributed by atoms with van der Waals surface area (Å²) in [4.78, 5) is 27.4. The first-order valence-electron chi connectivity index (χ1n) is 8.12. The molecule has 0 aliphatic carbocycles. The van der Waals surface area contributed by atoms with Crippen LogP contribution in [-0.2, 0) is 11.2 Å². The Morgan fingerprint density at radius 3 is 2.87 bits per heavy atom. The van der Waals surface area contributed by atoms with Crippen LogP contribution in [0.4, 0.5) is 4.79 Å². The molecular formula is C16H24ClN3O3. The van der Waals surface area contributed by atoms with Crippen molar-refractivity contribution in [3.63, 3.8) is 0 Å². The topological polar surface area (TPSA) is 65.8 Å². The van der Waals surface area contributed by atoms with Gasteiger partial charge in [0.15, 0.2) is 0 Å². The van der Waals surface area contributed by atoms with Gasteiger partial charge in [-0.15, -0.1) is 12.4 Å². The van der Waals surface area contributed by atoms with E-state index >= 15 is 0 Å². The fourth-order valence-electron chi connectivity index (χ4n) is 3.20. The molecule has 128 valence electrons. The summed E-state index contributed by atoms with van der Waals surface area (Å²) in [6.45, 7) is 3.06. The molecule has 1 atom stereocenters. The number of hydrogen-bond acceptors (Lipinski definition) is 4. The lowest BCUT2D eigenvalue weighted by Gasteiger charge is -2.15. The molecule has 3 amide bonds. The zero-order valence-electron chi connectivity index (χ0n) is 13.2. The highest BCUT2D eigenvalue weighted by atomic mass is 35.5. The molecular weight excluding hydrogens is 318 g/mol. The Kier molecular flexibility index (Phi) is 6.47. The van der Waals surface area contributed by atoms with Crippen LogP contribution in [-0.4, -0.2) is 54.0 Å². The molecule has 2 fully saturated rings. The van der Waals surface area contributed by atoms with E-state index in [1.54, 1.807) is 11.2 Å². The molecule has 1 aromatic rings. The Morgan fingerprint density at radius 1 is 1.26 bits per heavy atom. The number of urea groups is 1. The number of furan rings is 1. The number of nitrogens with zero attached hydrogens (tertiary/aromatic N) is 2. The Morgan fingerprint density at radius 2 is 2.13 bits per heavy atom. The van der Waals surface area contributed by atoms with Gasteiger partial charge in [0.25, 0.3) is 5.91 Å². The second-order valence-electron chi connectivity index (χ2n) is 5.91. The molecule has 0 saturated carbocycles. The number of carbonyl (C=O) groups excluding carboxylic acids is 2. The lowest BCUT2D eigenvalue weighted by Crippen LogP contribution is -2.34. The third-order valence-electron chi connectivity index (χ3n) is 4.39. The molecule has 3 heterocycles. The van der Waals surface area contributed by atoms with Crippen molar-refractivity contribution < 1.29 is 14.0 Å². The summed E-state index contributed by atoms with van der Waals surface area (Å²) in [5, 5.41) is 3.35. The van der Waals surface area contributed by atoms with Crippen LogP contribution in [0.25, 0.3) is 0 Å². The van der Waals surface area contributed by atoms with Crippen LogP contribution >= 0.6 is 12.4 Å². The number of unbranched alkanes of at least 4 members (excludes halogenated alkanes) is 1. The van der Waals surface area contributed by atoms with Crippen molar-refractivity contribution >= 4 is 24.3 Å². The van der Waals surface area contributed by atoms with Crippen LogP contribution in [0.1, 0.15) is 31.4 Å². The van der Waals surface area contributed by atoms with Crippen molar-refractivity contribution in [3.05, 3.63) is 24.2 Å². The van der Waals surface area contributed by atoms with Crippen molar-refractivity contribution in [3.8, 4) is 0 Å². The summed E-state index contributed by atoms with van der Waals surface area (Å²) in [5.74, 6) is 0.995. The number of carbonyl (C=O) groups is 2. The molecule has 2 aliphatic heterocycles. The van der Waals surface area contributed by atoms with Gasteiger partial charge in [-0.3, -0.25) is 9.69 Å². The number of nitrogens with one attached hydrogen (secondary N) is 1. The van der Waals surface area contributed by atoms with Gasteiger partial charge >= 0.3 is 6.03 Å². The minimum atomic E-state index is -0.168. The second kappa shape index (κ2) is 8.36. The Balaban J connectivity index is 0.00000192. The van der Waals surface area contributed by atoms with Crippen LogP contribution in [0.3, 0.4) is 0 Å². The molecule has 0 aromatic carbocycles. The van der Waals surface area contributed by atoms with Gasteiger partial charge in [-0.05, 0) is 44.4 Å². The SMILES string of the molecule is Cl.O=C1C2CCCN2C(=O)N1CCCCNCCc1ccco1. The Labute approximate surface area is 142 Å². The third kappa shape index (κ3) is 4.06. The van der Waals surface area contributed by atoms with Gasteiger partial charge in [0.2, 0.25) is 0 Å². The number of imide groups is 1. The molecule has 0 spiro atoms. The van der Waals surface area contributed by atoms with Gasteiger partial charge in [-0.25, -0.2) is 4.79 Å². The average molecular weight is 342 g/mol. The molecule has 1 unspecified atom stereocenters. The molecule has 0 radical (unpaired) electrons. The van der Waals surface area contributed by atoms with Gasteiger partial charge in [-0.1, -0.05) is 0 Å².